The Bertz CT molecular complexity index is 811. The normalized spacial score (nSPS) is 10.6. The Kier molecular flexibility index (Phi) is 4.22. The first-order chi connectivity index (χ1) is 10.6. The summed E-state index contributed by atoms with van der Waals surface area (Å²) in [6.07, 6.45) is 1.52. The molecule has 3 rings (SSSR count). The third kappa shape index (κ3) is 3.03. The number of nitrogens with zero attached hydrogens (tertiary/aromatic N) is 2. The molecule has 5 nitrogen and oxygen atoms in total. The molecule has 0 bridgehead atoms. The molecule has 0 unspecified atom stereocenters. The number of benzene rings is 1. The van der Waals surface area contributed by atoms with Crippen LogP contribution in [0.5, 0.6) is 0 Å². The lowest BCUT2D eigenvalue weighted by Gasteiger charge is -2.05. The lowest BCUT2D eigenvalue weighted by Crippen LogP contribution is -2.22. The number of hydrogen-bond acceptors (Lipinski definition) is 4. The molecule has 3 aromatic rings. The highest BCUT2D eigenvalue weighted by Crippen LogP contribution is 2.24. The van der Waals surface area contributed by atoms with E-state index in [2.05, 4.69) is 20.5 Å². The summed E-state index contributed by atoms with van der Waals surface area (Å²) in [5.74, 6) is -0.184. The quantitative estimate of drug-likeness (QED) is 0.769. The van der Waals surface area contributed by atoms with Crippen molar-refractivity contribution in [3.05, 3.63) is 57.1 Å². The second kappa shape index (κ2) is 6.29. The number of carbonyl (C=O) groups excluding carboxylic acids is 1. The van der Waals surface area contributed by atoms with E-state index < -0.39 is 0 Å². The van der Waals surface area contributed by atoms with E-state index >= 15 is 0 Å². The predicted octanol–water partition coefficient (Wildman–Crippen LogP) is 3.43. The van der Waals surface area contributed by atoms with Crippen LogP contribution in [0.2, 0.25) is 5.02 Å². The number of aryl methyl sites for hydroxylation is 1. The maximum Gasteiger partial charge on any atom is 0.255 e. The largest absolute Gasteiger partial charge is 0.347 e. The van der Waals surface area contributed by atoms with Crippen molar-refractivity contribution < 1.29 is 4.79 Å². The highest BCUT2D eigenvalue weighted by atomic mass is 35.5. The Morgan fingerprint density at radius 2 is 2.32 bits per heavy atom. The van der Waals surface area contributed by atoms with E-state index in [9.17, 15) is 4.79 Å². The van der Waals surface area contributed by atoms with Crippen LogP contribution in [0.3, 0.4) is 0 Å². The Labute approximate surface area is 136 Å². The fourth-order valence-corrected chi connectivity index (χ4v) is 2.98. The third-order valence-corrected chi connectivity index (χ3v) is 4.42. The summed E-state index contributed by atoms with van der Waals surface area (Å²) in [4.78, 5) is 17.6. The summed E-state index contributed by atoms with van der Waals surface area (Å²) < 4.78 is 0. The second-order valence-corrected chi connectivity index (χ2v) is 6.09. The van der Waals surface area contributed by atoms with E-state index in [0.717, 1.165) is 16.1 Å². The number of halogens is 1. The molecule has 22 heavy (non-hydrogen) atoms. The summed E-state index contributed by atoms with van der Waals surface area (Å²) in [5, 5.41) is 10.3. The van der Waals surface area contributed by atoms with Gasteiger partial charge in [-0.15, -0.1) is 11.3 Å². The van der Waals surface area contributed by atoms with Gasteiger partial charge >= 0.3 is 0 Å². The van der Waals surface area contributed by atoms with E-state index in [1.54, 1.807) is 17.6 Å². The van der Waals surface area contributed by atoms with Crippen molar-refractivity contribution in [1.82, 2.24) is 20.5 Å². The Morgan fingerprint density at radius 1 is 1.45 bits per heavy atom. The van der Waals surface area contributed by atoms with Gasteiger partial charge in [0.2, 0.25) is 0 Å². The fraction of sp³-hybridized carbons (Fsp3) is 0.133. The first-order valence-corrected chi connectivity index (χ1v) is 7.87. The Morgan fingerprint density at radius 3 is 3.05 bits per heavy atom. The zero-order valence-electron chi connectivity index (χ0n) is 11.8. The van der Waals surface area contributed by atoms with E-state index in [4.69, 9.17) is 11.6 Å². The smallest absolute Gasteiger partial charge is 0.255 e. The van der Waals surface area contributed by atoms with Crippen LogP contribution in [0.15, 0.2) is 36.0 Å². The average Bonchev–Trinajstić information content (AvgIpc) is 3.14. The summed E-state index contributed by atoms with van der Waals surface area (Å²) in [6.45, 7) is 2.38. The van der Waals surface area contributed by atoms with Crippen LogP contribution in [0.25, 0.3) is 11.3 Å². The molecular formula is C15H13ClN4OS. The summed E-state index contributed by atoms with van der Waals surface area (Å²) in [7, 11) is 0. The van der Waals surface area contributed by atoms with Gasteiger partial charge in [0.1, 0.15) is 0 Å². The van der Waals surface area contributed by atoms with Gasteiger partial charge in [-0.1, -0.05) is 23.7 Å². The summed E-state index contributed by atoms with van der Waals surface area (Å²) >= 11 is 7.52. The maximum absolute atomic E-state index is 12.4. The Balaban J connectivity index is 1.79. The molecule has 1 aromatic carbocycles. The van der Waals surface area contributed by atoms with Gasteiger partial charge < -0.3 is 5.32 Å². The minimum atomic E-state index is -0.184. The van der Waals surface area contributed by atoms with E-state index in [1.807, 2.05) is 19.1 Å². The highest BCUT2D eigenvalue weighted by molar-refractivity contribution is 7.09. The van der Waals surface area contributed by atoms with Gasteiger partial charge in [-0.25, -0.2) is 4.98 Å². The predicted molar refractivity (Wildman–Crippen MR) is 87.1 cm³/mol. The van der Waals surface area contributed by atoms with Crippen molar-refractivity contribution >= 4 is 28.8 Å². The van der Waals surface area contributed by atoms with Gasteiger partial charge in [-0.3, -0.25) is 9.89 Å². The summed E-state index contributed by atoms with van der Waals surface area (Å²) in [5.41, 5.74) is 4.67. The SMILES string of the molecule is Cc1ncsc1CNC(=O)c1cn[nH]c1-c1cccc(Cl)c1. The van der Waals surface area contributed by atoms with Crippen LogP contribution >= 0.6 is 22.9 Å². The number of hydrogen-bond donors (Lipinski definition) is 2. The van der Waals surface area contributed by atoms with Crippen LogP contribution in [0, 0.1) is 6.92 Å². The monoisotopic (exact) mass is 332 g/mol. The minimum Gasteiger partial charge on any atom is -0.347 e. The lowest BCUT2D eigenvalue weighted by atomic mass is 10.1. The number of nitrogens with one attached hydrogen (secondary N) is 2. The highest BCUT2D eigenvalue weighted by Gasteiger charge is 2.15. The first kappa shape index (κ1) is 14.7. The van der Waals surface area contributed by atoms with Gasteiger partial charge in [0.15, 0.2) is 0 Å². The summed E-state index contributed by atoms with van der Waals surface area (Å²) in [6, 6.07) is 7.29. The molecule has 0 aliphatic carbocycles. The van der Waals surface area contributed by atoms with Gasteiger partial charge in [-0.05, 0) is 19.1 Å². The second-order valence-electron chi connectivity index (χ2n) is 4.71. The van der Waals surface area contributed by atoms with Crippen molar-refractivity contribution in [2.45, 2.75) is 13.5 Å². The lowest BCUT2D eigenvalue weighted by molar-refractivity contribution is 0.0952. The standard InChI is InChI=1S/C15H13ClN4OS/c1-9-13(22-8-18-9)7-17-15(21)12-6-19-20-14(12)10-3-2-4-11(16)5-10/h2-6,8H,7H2,1H3,(H,17,21)(H,19,20). The van der Waals surface area contributed by atoms with Crippen LogP contribution in [-0.2, 0) is 6.54 Å². The molecular weight excluding hydrogens is 320 g/mol. The topological polar surface area (TPSA) is 70.7 Å². The van der Waals surface area contributed by atoms with Gasteiger partial charge in [0.25, 0.3) is 5.91 Å². The molecule has 2 N–H and O–H groups in total. The van der Waals surface area contributed by atoms with Crippen LogP contribution in [0.4, 0.5) is 0 Å². The van der Waals surface area contributed by atoms with E-state index in [1.165, 1.54) is 17.5 Å². The number of carbonyl (C=O) groups is 1. The van der Waals surface area contributed by atoms with Crippen LogP contribution in [0.1, 0.15) is 20.9 Å². The molecule has 2 heterocycles. The molecule has 0 aliphatic heterocycles. The molecule has 112 valence electrons. The fourth-order valence-electron chi connectivity index (χ4n) is 2.07. The first-order valence-electron chi connectivity index (χ1n) is 6.61. The minimum absolute atomic E-state index is 0.184. The molecule has 0 saturated carbocycles. The number of aromatic nitrogens is 3. The van der Waals surface area contributed by atoms with Crippen molar-refractivity contribution in [2.75, 3.05) is 0 Å². The molecule has 0 saturated heterocycles. The Hall–Kier alpha value is -2.18. The molecule has 0 spiro atoms. The molecule has 0 radical (unpaired) electrons. The number of H-pyrrole nitrogens is 1. The molecule has 7 heteroatoms. The van der Waals surface area contributed by atoms with Crippen LogP contribution < -0.4 is 5.32 Å². The zero-order chi connectivity index (χ0) is 15.5. The molecule has 1 amide bonds. The van der Waals surface area contributed by atoms with Crippen molar-refractivity contribution in [3.8, 4) is 11.3 Å². The average molecular weight is 333 g/mol. The third-order valence-electron chi connectivity index (χ3n) is 3.25. The van der Waals surface area contributed by atoms with Gasteiger partial charge in [0.05, 0.1) is 35.2 Å². The maximum atomic E-state index is 12.4. The molecule has 0 atom stereocenters. The van der Waals surface area contributed by atoms with Gasteiger partial charge in [-0.2, -0.15) is 5.10 Å². The van der Waals surface area contributed by atoms with Crippen molar-refractivity contribution in [3.63, 3.8) is 0 Å². The van der Waals surface area contributed by atoms with E-state index in [-0.39, 0.29) is 5.91 Å². The van der Waals surface area contributed by atoms with Crippen LogP contribution in [-0.4, -0.2) is 21.1 Å². The van der Waals surface area contributed by atoms with Crippen molar-refractivity contribution in [2.24, 2.45) is 0 Å². The number of amides is 1. The van der Waals surface area contributed by atoms with Crippen molar-refractivity contribution in [1.29, 1.82) is 0 Å². The number of rotatable bonds is 4. The molecule has 0 fully saturated rings. The molecule has 2 aromatic heterocycles. The number of aromatic amines is 1. The van der Waals surface area contributed by atoms with Gasteiger partial charge in [0, 0.05) is 15.5 Å². The number of thiazole rings is 1. The van der Waals surface area contributed by atoms with E-state index in [0.29, 0.717) is 22.8 Å². The molecule has 0 aliphatic rings. The zero-order valence-corrected chi connectivity index (χ0v) is 13.3.